The molecule has 0 amide bonds. The van der Waals surface area contributed by atoms with Crippen LogP contribution in [0.5, 0.6) is 0 Å². The first-order valence-corrected chi connectivity index (χ1v) is 11.6. The third-order valence-corrected chi connectivity index (χ3v) is 6.45. The molecule has 3 rings (SSSR count). The summed E-state index contributed by atoms with van der Waals surface area (Å²) >= 11 is 5.82. The Morgan fingerprint density at radius 1 is 0.939 bits per heavy atom. The summed E-state index contributed by atoms with van der Waals surface area (Å²) in [5.41, 5.74) is -1.11. The van der Waals surface area contributed by atoms with Crippen LogP contribution in [-0.2, 0) is 20.9 Å². The van der Waals surface area contributed by atoms with Gasteiger partial charge in [0.25, 0.3) is 0 Å². The molecular weight excluding hydrogens is 479 g/mol. The van der Waals surface area contributed by atoms with Crippen molar-refractivity contribution in [3.8, 4) is 0 Å². The fourth-order valence-corrected chi connectivity index (χ4v) is 4.49. The molecule has 0 aromatic heterocycles. The van der Waals surface area contributed by atoms with Gasteiger partial charge < -0.3 is 4.74 Å². The fraction of sp³-hybridized carbons (Fsp3) is 0.174. The molecule has 0 unspecified atom stereocenters. The van der Waals surface area contributed by atoms with Crippen LogP contribution >= 0.6 is 11.6 Å². The lowest BCUT2D eigenvalue weighted by atomic mass is 10.1. The summed E-state index contributed by atoms with van der Waals surface area (Å²) in [4.78, 5) is 12.3. The molecule has 0 bridgehead atoms. The summed E-state index contributed by atoms with van der Waals surface area (Å²) in [5, 5.41) is 0.375. The maximum atomic E-state index is 13.2. The highest BCUT2D eigenvalue weighted by molar-refractivity contribution is 7.89. The summed E-state index contributed by atoms with van der Waals surface area (Å²) in [6, 6.07) is 17.6. The Morgan fingerprint density at radius 2 is 1.55 bits per heavy atom. The fourth-order valence-electron chi connectivity index (χ4n) is 3.10. The van der Waals surface area contributed by atoms with Gasteiger partial charge >= 0.3 is 12.1 Å². The van der Waals surface area contributed by atoms with Gasteiger partial charge in [0.15, 0.2) is 0 Å². The van der Waals surface area contributed by atoms with Gasteiger partial charge in [0, 0.05) is 11.4 Å². The lowest BCUT2D eigenvalue weighted by Crippen LogP contribution is -2.30. The first-order chi connectivity index (χ1) is 15.6. The predicted octanol–water partition coefficient (Wildman–Crippen LogP) is 5.63. The molecule has 0 fully saturated rings. The van der Waals surface area contributed by atoms with E-state index in [9.17, 15) is 26.4 Å². The van der Waals surface area contributed by atoms with Gasteiger partial charge in [0.05, 0.1) is 28.7 Å². The maximum absolute atomic E-state index is 13.2. The zero-order valence-corrected chi connectivity index (χ0v) is 18.6. The molecule has 0 aliphatic rings. The first kappa shape index (κ1) is 24.8. The van der Waals surface area contributed by atoms with E-state index < -0.39 is 39.3 Å². The number of carbonyl (C=O) groups is 1. The molecule has 0 saturated carbocycles. The monoisotopic (exact) mass is 497 g/mol. The molecule has 3 aromatic rings. The topological polar surface area (TPSA) is 72.5 Å². The molecule has 33 heavy (non-hydrogen) atoms. The molecule has 10 heteroatoms. The summed E-state index contributed by atoms with van der Waals surface area (Å²) < 4.78 is 72.7. The quantitative estimate of drug-likeness (QED) is 0.410. The number of sulfonamides is 1. The Balaban J connectivity index is 1.75. The highest BCUT2D eigenvalue weighted by Crippen LogP contribution is 2.32. The second-order valence-corrected chi connectivity index (χ2v) is 9.16. The number of rotatable bonds is 8. The van der Waals surface area contributed by atoms with E-state index in [4.69, 9.17) is 16.3 Å². The van der Waals surface area contributed by atoms with Gasteiger partial charge in [-0.15, -0.1) is 0 Å². The summed E-state index contributed by atoms with van der Waals surface area (Å²) in [6.45, 7) is -0.312. The minimum atomic E-state index is -4.71. The maximum Gasteiger partial charge on any atom is 0.417 e. The second kappa shape index (κ2) is 10.4. The van der Waals surface area contributed by atoms with Crippen molar-refractivity contribution in [1.82, 2.24) is 4.72 Å². The van der Waals surface area contributed by atoms with E-state index in [-0.39, 0.29) is 17.9 Å². The van der Waals surface area contributed by atoms with Crippen LogP contribution in [0, 0.1) is 0 Å². The highest BCUT2D eigenvalue weighted by Gasteiger charge is 2.35. The molecule has 1 atom stereocenters. The van der Waals surface area contributed by atoms with Gasteiger partial charge in [-0.1, -0.05) is 54.1 Å². The van der Waals surface area contributed by atoms with Crippen molar-refractivity contribution >= 4 is 27.6 Å². The van der Waals surface area contributed by atoms with Crippen LogP contribution in [0.25, 0.3) is 0 Å². The standard InChI is InChI=1S/C23H19ClF3NO4S/c24-17-10-12-18(13-11-17)33(30,31)28-21(16-6-2-1-3-7-16)14-15-32-22(29)19-8-4-5-9-20(19)23(25,26)27/h1-13,21,28H,14-15H2/t21-/m1/s1. The number of hydrogen-bond donors (Lipinski definition) is 1. The van der Waals surface area contributed by atoms with E-state index in [0.717, 1.165) is 12.1 Å². The number of benzene rings is 3. The van der Waals surface area contributed by atoms with Crippen LogP contribution in [0.1, 0.15) is 33.9 Å². The van der Waals surface area contributed by atoms with Gasteiger partial charge in [-0.05, 0) is 42.0 Å². The third kappa shape index (κ3) is 6.56. The molecule has 5 nitrogen and oxygen atoms in total. The minimum Gasteiger partial charge on any atom is -0.462 e. The predicted molar refractivity (Wildman–Crippen MR) is 117 cm³/mol. The van der Waals surface area contributed by atoms with Crippen molar-refractivity contribution < 1.29 is 31.1 Å². The molecule has 174 valence electrons. The summed E-state index contributed by atoms with van der Waals surface area (Å²) in [7, 11) is -3.95. The normalized spacial score (nSPS) is 12.8. The molecule has 0 aliphatic heterocycles. The van der Waals surface area contributed by atoms with Gasteiger partial charge in [-0.25, -0.2) is 17.9 Å². The van der Waals surface area contributed by atoms with E-state index >= 15 is 0 Å². The highest BCUT2D eigenvalue weighted by atomic mass is 35.5. The molecule has 0 aliphatic carbocycles. The van der Waals surface area contributed by atoms with E-state index in [1.807, 2.05) is 0 Å². The number of nitrogens with one attached hydrogen (secondary N) is 1. The largest absolute Gasteiger partial charge is 0.462 e. The van der Waals surface area contributed by atoms with Gasteiger partial charge in [-0.2, -0.15) is 13.2 Å². The van der Waals surface area contributed by atoms with E-state index in [0.29, 0.717) is 10.6 Å². The second-order valence-electron chi connectivity index (χ2n) is 7.01. The molecule has 1 N–H and O–H groups in total. The van der Waals surface area contributed by atoms with E-state index in [1.165, 1.54) is 36.4 Å². The van der Waals surface area contributed by atoms with Crippen LogP contribution in [0.15, 0.2) is 83.8 Å². The van der Waals surface area contributed by atoms with Crippen molar-refractivity contribution in [1.29, 1.82) is 0 Å². The molecule has 0 heterocycles. The Bertz CT molecular complexity index is 1200. The molecule has 0 spiro atoms. The smallest absolute Gasteiger partial charge is 0.417 e. The van der Waals surface area contributed by atoms with Crippen molar-refractivity contribution in [2.75, 3.05) is 6.61 Å². The van der Waals surface area contributed by atoms with Crippen molar-refractivity contribution in [3.63, 3.8) is 0 Å². The summed E-state index contributed by atoms with van der Waals surface area (Å²) in [6.07, 6.45) is -4.72. The average Bonchev–Trinajstić information content (AvgIpc) is 2.78. The minimum absolute atomic E-state index is 0.00322. The van der Waals surface area contributed by atoms with E-state index in [2.05, 4.69) is 4.72 Å². The third-order valence-electron chi connectivity index (χ3n) is 4.72. The lowest BCUT2D eigenvalue weighted by molar-refractivity contribution is -0.138. The van der Waals surface area contributed by atoms with Gasteiger partial charge in [0.1, 0.15) is 0 Å². The van der Waals surface area contributed by atoms with Gasteiger partial charge in [-0.3, -0.25) is 0 Å². The SMILES string of the molecule is O=C(OCC[C@@H](NS(=O)(=O)c1ccc(Cl)cc1)c1ccccc1)c1ccccc1C(F)(F)F. The lowest BCUT2D eigenvalue weighted by Gasteiger charge is -2.20. The summed E-state index contributed by atoms with van der Waals surface area (Å²) in [5.74, 6) is -1.14. The Hall–Kier alpha value is -2.88. The number of alkyl halides is 3. The number of halogens is 4. The Kier molecular flexibility index (Phi) is 7.78. The van der Waals surface area contributed by atoms with Crippen LogP contribution < -0.4 is 4.72 Å². The average molecular weight is 498 g/mol. The Morgan fingerprint density at radius 3 is 2.18 bits per heavy atom. The zero-order chi connectivity index (χ0) is 24.1. The van der Waals surface area contributed by atoms with Crippen LogP contribution in [0.3, 0.4) is 0 Å². The molecule has 0 saturated heterocycles. The van der Waals surface area contributed by atoms with Crippen LogP contribution in [0.2, 0.25) is 5.02 Å². The molecule has 0 radical (unpaired) electrons. The zero-order valence-electron chi connectivity index (χ0n) is 17.1. The van der Waals surface area contributed by atoms with Crippen LogP contribution in [-0.4, -0.2) is 21.0 Å². The number of ether oxygens (including phenoxy) is 1. The molecule has 3 aromatic carbocycles. The van der Waals surface area contributed by atoms with E-state index in [1.54, 1.807) is 30.3 Å². The van der Waals surface area contributed by atoms with Crippen molar-refractivity contribution in [2.45, 2.75) is 23.5 Å². The Labute approximate surface area is 194 Å². The number of esters is 1. The molecular formula is C23H19ClF3NO4S. The number of carbonyl (C=O) groups excluding carboxylic acids is 1. The first-order valence-electron chi connectivity index (χ1n) is 9.74. The van der Waals surface area contributed by atoms with Crippen LogP contribution in [0.4, 0.5) is 13.2 Å². The van der Waals surface area contributed by atoms with Crippen molar-refractivity contribution in [3.05, 3.63) is 101 Å². The van der Waals surface area contributed by atoms with Gasteiger partial charge in [0.2, 0.25) is 10.0 Å². The number of hydrogen-bond acceptors (Lipinski definition) is 4. The van der Waals surface area contributed by atoms with Crippen molar-refractivity contribution in [2.24, 2.45) is 0 Å².